The normalized spacial score (nSPS) is 22.4. The summed E-state index contributed by atoms with van der Waals surface area (Å²) >= 11 is 5.84. The lowest BCUT2D eigenvalue weighted by molar-refractivity contribution is -0.130. The number of hydrogen-bond acceptors (Lipinski definition) is 5. The van der Waals surface area contributed by atoms with Crippen molar-refractivity contribution in [1.29, 1.82) is 0 Å². The molecule has 7 nitrogen and oxygen atoms in total. The van der Waals surface area contributed by atoms with Crippen LogP contribution in [0.1, 0.15) is 24.1 Å². The zero-order valence-electron chi connectivity index (χ0n) is 20.0. The van der Waals surface area contributed by atoms with Crippen molar-refractivity contribution >= 4 is 34.6 Å². The van der Waals surface area contributed by atoms with Gasteiger partial charge in [0.1, 0.15) is 23.2 Å². The molecule has 3 aromatic carbocycles. The Balaban J connectivity index is 1.61. The van der Waals surface area contributed by atoms with E-state index in [0.29, 0.717) is 28.0 Å². The SMILES string of the molecule is COc1ccc(NC(=O)[C@H]2[C@@H]3NC(=S)N(c4ccccc4C)[C@@]2(C)Oc2ccc(OC)cc23)cc1. The number of rotatable bonds is 5. The van der Waals surface area contributed by atoms with Crippen LogP contribution in [0.5, 0.6) is 17.2 Å². The Morgan fingerprint density at radius 2 is 1.74 bits per heavy atom. The first kappa shape index (κ1) is 23.0. The molecule has 0 aliphatic carbocycles. The Kier molecular flexibility index (Phi) is 5.76. The van der Waals surface area contributed by atoms with E-state index in [2.05, 4.69) is 10.6 Å². The molecule has 2 aliphatic rings. The quantitative estimate of drug-likeness (QED) is 0.498. The van der Waals surface area contributed by atoms with Crippen molar-refractivity contribution in [2.24, 2.45) is 5.92 Å². The number of para-hydroxylation sites is 1. The van der Waals surface area contributed by atoms with Gasteiger partial charge in [0.2, 0.25) is 5.91 Å². The van der Waals surface area contributed by atoms with Crippen LogP contribution in [0.4, 0.5) is 11.4 Å². The predicted molar refractivity (Wildman–Crippen MR) is 139 cm³/mol. The Bertz CT molecular complexity index is 1300. The molecule has 0 saturated carbocycles. The number of ether oxygens (including phenoxy) is 3. The van der Waals surface area contributed by atoms with Crippen molar-refractivity contribution in [3.8, 4) is 17.2 Å². The van der Waals surface area contributed by atoms with Gasteiger partial charge in [-0.1, -0.05) is 18.2 Å². The second-order valence-electron chi connectivity index (χ2n) is 8.80. The lowest BCUT2D eigenvalue weighted by atomic mass is 9.78. The third kappa shape index (κ3) is 3.83. The van der Waals surface area contributed by atoms with Crippen LogP contribution in [0, 0.1) is 12.8 Å². The van der Waals surface area contributed by atoms with E-state index in [1.165, 1.54) is 0 Å². The van der Waals surface area contributed by atoms with E-state index < -0.39 is 17.7 Å². The zero-order valence-corrected chi connectivity index (χ0v) is 20.8. The first-order chi connectivity index (χ1) is 16.9. The number of nitrogens with zero attached hydrogens (tertiary/aromatic N) is 1. The summed E-state index contributed by atoms with van der Waals surface area (Å²) in [6.45, 7) is 3.94. The first-order valence-electron chi connectivity index (χ1n) is 11.3. The maximum atomic E-state index is 13.9. The number of methoxy groups -OCH3 is 2. The molecule has 2 aliphatic heterocycles. The van der Waals surface area contributed by atoms with Crippen molar-refractivity contribution in [2.45, 2.75) is 25.6 Å². The van der Waals surface area contributed by atoms with Gasteiger partial charge in [0.05, 0.1) is 20.3 Å². The van der Waals surface area contributed by atoms with Gasteiger partial charge >= 0.3 is 0 Å². The van der Waals surface area contributed by atoms with Gasteiger partial charge in [-0.2, -0.15) is 0 Å². The molecule has 0 radical (unpaired) electrons. The van der Waals surface area contributed by atoms with E-state index in [4.69, 9.17) is 26.4 Å². The highest BCUT2D eigenvalue weighted by molar-refractivity contribution is 7.80. The van der Waals surface area contributed by atoms with Crippen LogP contribution >= 0.6 is 12.2 Å². The van der Waals surface area contributed by atoms with Crippen LogP contribution in [0.15, 0.2) is 66.7 Å². The highest BCUT2D eigenvalue weighted by Gasteiger charge is 2.59. The number of anilines is 2. The van der Waals surface area contributed by atoms with E-state index in [1.54, 1.807) is 14.2 Å². The largest absolute Gasteiger partial charge is 0.497 e. The van der Waals surface area contributed by atoms with Gasteiger partial charge in [0.25, 0.3) is 0 Å². The van der Waals surface area contributed by atoms with Gasteiger partial charge in [-0.05, 0) is 80.2 Å². The van der Waals surface area contributed by atoms with Crippen molar-refractivity contribution in [3.05, 3.63) is 77.9 Å². The number of carbonyl (C=O) groups is 1. The second-order valence-corrected chi connectivity index (χ2v) is 9.19. The number of thiocarbonyl (C=S) groups is 1. The minimum Gasteiger partial charge on any atom is -0.497 e. The van der Waals surface area contributed by atoms with Crippen molar-refractivity contribution in [1.82, 2.24) is 5.32 Å². The van der Waals surface area contributed by atoms with E-state index in [-0.39, 0.29) is 5.91 Å². The average Bonchev–Trinajstić information content (AvgIpc) is 2.85. The monoisotopic (exact) mass is 489 g/mol. The van der Waals surface area contributed by atoms with E-state index >= 15 is 0 Å². The van der Waals surface area contributed by atoms with Crippen LogP contribution in [-0.2, 0) is 4.79 Å². The Morgan fingerprint density at radius 3 is 2.43 bits per heavy atom. The number of benzene rings is 3. The predicted octanol–water partition coefficient (Wildman–Crippen LogP) is 4.81. The van der Waals surface area contributed by atoms with Crippen LogP contribution in [-0.4, -0.2) is 31.0 Å². The number of amides is 1. The van der Waals surface area contributed by atoms with Gasteiger partial charge in [-0.25, -0.2) is 0 Å². The maximum Gasteiger partial charge on any atom is 0.236 e. The maximum absolute atomic E-state index is 13.9. The number of fused-ring (bicyclic) bond motifs is 4. The van der Waals surface area contributed by atoms with Gasteiger partial charge in [-0.15, -0.1) is 0 Å². The molecule has 1 saturated heterocycles. The van der Waals surface area contributed by atoms with Crippen molar-refractivity contribution < 1.29 is 19.0 Å². The van der Waals surface area contributed by atoms with Gasteiger partial charge in [-0.3, -0.25) is 9.69 Å². The summed E-state index contributed by atoms with van der Waals surface area (Å²) in [4.78, 5) is 15.8. The average molecular weight is 490 g/mol. The van der Waals surface area contributed by atoms with Gasteiger partial charge in [0, 0.05) is 16.9 Å². The number of hydrogen-bond donors (Lipinski definition) is 2. The molecule has 5 rings (SSSR count). The van der Waals surface area contributed by atoms with Crippen molar-refractivity contribution in [2.75, 3.05) is 24.4 Å². The summed E-state index contributed by atoms with van der Waals surface area (Å²) in [7, 11) is 3.22. The van der Waals surface area contributed by atoms with E-state index in [1.807, 2.05) is 85.5 Å². The van der Waals surface area contributed by atoms with Crippen molar-refractivity contribution in [3.63, 3.8) is 0 Å². The van der Waals surface area contributed by atoms with Crippen LogP contribution in [0.2, 0.25) is 0 Å². The third-order valence-corrected chi connectivity index (χ3v) is 7.00. The fourth-order valence-electron chi connectivity index (χ4n) is 4.96. The highest BCUT2D eigenvalue weighted by atomic mass is 32.1. The molecule has 2 bridgehead atoms. The fourth-order valence-corrected chi connectivity index (χ4v) is 5.37. The van der Waals surface area contributed by atoms with E-state index in [0.717, 1.165) is 16.8 Å². The summed E-state index contributed by atoms with van der Waals surface area (Å²) in [6.07, 6.45) is 0. The first-order valence-corrected chi connectivity index (χ1v) is 11.7. The molecule has 3 aromatic rings. The van der Waals surface area contributed by atoms with Crippen LogP contribution in [0.3, 0.4) is 0 Å². The minimum absolute atomic E-state index is 0.190. The minimum atomic E-state index is -1.09. The van der Waals surface area contributed by atoms with Gasteiger partial charge in [0.15, 0.2) is 10.8 Å². The smallest absolute Gasteiger partial charge is 0.236 e. The molecule has 0 unspecified atom stereocenters. The van der Waals surface area contributed by atoms with Gasteiger partial charge < -0.3 is 24.8 Å². The highest BCUT2D eigenvalue weighted by Crippen LogP contribution is 2.51. The molecule has 2 N–H and O–H groups in total. The summed E-state index contributed by atoms with van der Waals surface area (Å²) in [5.74, 6) is 1.24. The molecule has 1 fully saturated rings. The Labute approximate surface area is 210 Å². The lowest BCUT2D eigenvalue weighted by Crippen LogP contribution is -2.72. The summed E-state index contributed by atoms with van der Waals surface area (Å²) in [6, 6.07) is 20.4. The lowest BCUT2D eigenvalue weighted by Gasteiger charge is -2.56. The number of nitrogens with one attached hydrogen (secondary N) is 2. The molecule has 8 heteroatoms. The molecule has 1 amide bonds. The molecule has 0 aromatic heterocycles. The second kappa shape index (κ2) is 8.78. The molecule has 3 atom stereocenters. The summed E-state index contributed by atoms with van der Waals surface area (Å²) in [5, 5.41) is 6.99. The number of carbonyl (C=O) groups excluding carboxylic acids is 1. The topological polar surface area (TPSA) is 72.1 Å². The Hall–Kier alpha value is -3.78. The van der Waals surface area contributed by atoms with E-state index in [9.17, 15) is 4.79 Å². The molecule has 0 spiro atoms. The molecule has 2 heterocycles. The number of aryl methyl sites for hydroxylation is 1. The Morgan fingerprint density at radius 1 is 1.06 bits per heavy atom. The standard InChI is InChI=1S/C27H27N3O4S/c1-16-7-5-6-8-21(16)30-26(35)29-24-20-15-19(33-4)13-14-22(20)34-27(30,2)23(24)25(31)28-17-9-11-18(32-3)12-10-17/h5-15,23-24H,1-4H3,(H,28,31)(H,29,35)/t23-,24-,27+/m1/s1. The van der Waals surface area contributed by atoms with Crippen LogP contribution in [0.25, 0.3) is 0 Å². The zero-order chi connectivity index (χ0) is 24.7. The van der Waals surface area contributed by atoms with Crippen LogP contribution < -0.4 is 29.7 Å². The molecule has 35 heavy (non-hydrogen) atoms. The molecular weight excluding hydrogens is 462 g/mol. The fraction of sp³-hybridized carbons (Fsp3) is 0.259. The third-order valence-electron chi connectivity index (χ3n) is 6.70. The molecular formula is C27H27N3O4S. The molecule has 180 valence electrons. The summed E-state index contributed by atoms with van der Waals surface area (Å²) < 4.78 is 17.3. The summed E-state index contributed by atoms with van der Waals surface area (Å²) in [5.41, 5.74) is 2.31.